The molecular formula is C18H19ClN4O4. The zero-order valence-electron chi connectivity index (χ0n) is 14.8. The summed E-state index contributed by atoms with van der Waals surface area (Å²) in [5.41, 5.74) is 6.16. The molecule has 0 saturated heterocycles. The number of nitrogens with two attached hydrogens (primary N) is 1. The number of hydrogen-bond donors (Lipinski definition) is 3. The van der Waals surface area contributed by atoms with Gasteiger partial charge in [0.15, 0.2) is 0 Å². The van der Waals surface area contributed by atoms with Crippen LogP contribution in [0.4, 0.5) is 16.2 Å². The van der Waals surface area contributed by atoms with Gasteiger partial charge in [0.1, 0.15) is 5.75 Å². The smallest absolute Gasteiger partial charge is 0.316 e. The number of hydrogen-bond acceptors (Lipinski definition) is 4. The molecule has 142 valence electrons. The SMILES string of the molecule is COc1ccc(Cl)cc1NC(=O)CN(C)C(=O)c1cccc(NC(N)=O)c1. The van der Waals surface area contributed by atoms with Gasteiger partial charge in [0, 0.05) is 23.3 Å². The molecular weight excluding hydrogens is 372 g/mol. The normalized spacial score (nSPS) is 10.0. The molecule has 27 heavy (non-hydrogen) atoms. The van der Waals surface area contributed by atoms with Crippen molar-refractivity contribution >= 4 is 40.8 Å². The van der Waals surface area contributed by atoms with Gasteiger partial charge in [-0.3, -0.25) is 9.59 Å². The highest BCUT2D eigenvalue weighted by Gasteiger charge is 2.17. The highest BCUT2D eigenvalue weighted by molar-refractivity contribution is 6.31. The molecule has 2 aromatic rings. The van der Waals surface area contributed by atoms with Gasteiger partial charge in [0.25, 0.3) is 5.91 Å². The van der Waals surface area contributed by atoms with Gasteiger partial charge in [0.2, 0.25) is 5.91 Å². The van der Waals surface area contributed by atoms with Crippen molar-refractivity contribution in [1.82, 2.24) is 4.90 Å². The molecule has 0 fully saturated rings. The van der Waals surface area contributed by atoms with Crippen molar-refractivity contribution in [2.45, 2.75) is 0 Å². The van der Waals surface area contributed by atoms with Crippen molar-refractivity contribution in [1.29, 1.82) is 0 Å². The molecule has 0 aliphatic heterocycles. The van der Waals surface area contributed by atoms with E-state index in [0.717, 1.165) is 0 Å². The molecule has 0 saturated carbocycles. The Kier molecular flexibility index (Phi) is 6.62. The van der Waals surface area contributed by atoms with Crippen LogP contribution < -0.4 is 21.1 Å². The molecule has 0 aliphatic carbocycles. The number of nitrogens with one attached hydrogen (secondary N) is 2. The fourth-order valence-electron chi connectivity index (χ4n) is 2.35. The lowest BCUT2D eigenvalue weighted by molar-refractivity contribution is -0.116. The molecule has 2 aromatic carbocycles. The molecule has 4 amide bonds. The average Bonchev–Trinajstić information content (AvgIpc) is 2.60. The van der Waals surface area contributed by atoms with Crippen LogP contribution in [0.15, 0.2) is 42.5 Å². The van der Waals surface area contributed by atoms with Crippen molar-refractivity contribution < 1.29 is 19.1 Å². The number of anilines is 2. The van der Waals surface area contributed by atoms with E-state index in [4.69, 9.17) is 22.1 Å². The molecule has 0 aliphatic rings. The predicted molar refractivity (Wildman–Crippen MR) is 103 cm³/mol. The van der Waals surface area contributed by atoms with E-state index in [9.17, 15) is 14.4 Å². The van der Waals surface area contributed by atoms with Gasteiger partial charge >= 0.3 is 6.03 Å². The van der Waals surface area contributed by atoms with Crippen LogP contribution >= 0.6 is 11.6 Å². The van der Waals surface area contributed by atoms with Gasteiger partial charge in [-0.1, -0.05) is 17.7 Å². The minimum absolute atomic E-state index is 0.192. The number of urea groups is 1. The number of nitrogens with zero attached hydrogens (tertiary/aromatic N) is 1. The number of halogens is 1. The Balaban J connectivity index is 2.05. The molecule has 8 nitrogen and oxygen atoms in total. The van der Waals surface area contributed by atoms with Crippen LogP contribution in [0.2, 0.25) is 5.02 Å². The maximum Gasteiger partial charge on any atom is 0.316 e. The first kappa shape index (κ1) is 20.1. The van der Waals surface area contributed by atoms with Crippen molar-refractivity contribution in [2.75, 3.05) is 31.3 Å². The van der Waals surface area contributed by atoms with Gasteiger partial charge in [-0.2, -0.15) is 0 Å². The maximum absolute atomic E-state index is 12.5. The fourth-order valence-corrected chi connectivity index (χ4v) is 2.52. The first-order chi connectivity index (χ1) is 12.8. The zero-order chi connectivity index (χ0) is 20.0. The van der Waals surface area contributed by atoms with Crippen LogP contribution in [0.25, 0.3) is 0 Å². The van der Waals surface area contributed by atoms with E-state index in [1.165, 1.54) is 25.1 Å². The summed E-state index contributed by atoms with van der Waals surface area (Å²) >= 11 is 5.93. The number of rotatable bonds is 6. The molecule has 2 rings (SSSR count). The van der Waals surface area contributed by atoms with E-state index < -0.39 is 17.8 Å². The summed E-state index contributed by atoms with van der Waals surface area (Å²) in [6.45, 7) is -0.192. The van der Waals surface area contributed by atoms with E-state index in [-0.39, 0.29) is 6.54 Å². The highest BCUT2D eigenvalue weighted by Crippen LogP contribution is 2.27. The first-order valence-corrected chi connectivity index (χ1v) is 8.23. The average molecular weight is 391 g/mol. The third-order valence-corrected chi connectivity index (χ3v) is 3.78. The zero-order valence-corrected chi connectivity index (χ0v) is 15.5. The number of primary amides is 1. The summed E-state index contributed by atoms with van der Waals surface area (Å²) < 4.78 is 5.17. The minimum atomic E-state index is -0.734. The van der Waals surface area contributed by atoms with E-state index in [0.29, 0.717) is 27.7 Å². The number of ether oxygens (including phenoxy) is 1. The van der Waals surface area contributed by atoms with Crippen LogP contribution in [0.5, 0.6) is 5.75 Å². The quantitative estimate of drug-likeness (QED) is 0.703. The summed E-state index contributed by atoms with van der Waals surface area (Å²) in [7, 11) is 2.97. The van der Waals surface area contributed by atoms with E-state index in [2.05, 4.69) is 10.6 Å². The second-order valence-corrected chi connectivity index (χ2v) is 6.06. The lowest BCUT2D eigenvalue weighted by Crippen LogP contribution is -2.35. The molecule has 0 spiro atoms. The van der Waals surface area contributed by atoms with E-state index in [1.54, 1.807) is 36.4 Å². The summed E-state index contributed by atoms with van der Waals surface area (Å²) in [5.74, 6) is -0.360. The van der Waals surface area contributed by atoms with Gasteiger partial charge < -0.3 is 26.0 Å². The van der Waals surface area contributed by atoms with Gasteiger partial charge in [0.05, 0.1) is 19.3 Å². The third kappa shape index (κ3) is 5.61. The largest absolute Gasteiger partial charge is 0.495 e. The molecule has 0 heterocycles. The standard InChI is InChI=1S/C18H19ClN4O4/c1-23(17(25)11-4-3-5-13(8-11)21-18(20)26)10-16(24)22-14-9-12(19)6-7-15(14)27-2/h3-9H,10H2,1-2H3,(H,22,24)(H3,20,21,26). The number of benzene rings is 2. The first-order valence-electron chi connectivity index (χ1n) is 7.85. The van der Waals surface area contributed by atoms with Gasteiger partial charge in [-0.25, -0.2) is 4.79 Å². The number of methoxy groups -OCH3 is 1. The lowest BCUT2D eigenvalue weighted by atomic mass is 10.1. The van der Waals surface area contributed by atoms with Crippen molar-refractivity contribution in [3.05, 3.63) is 53.1 Å². The number of carbonyl (C=O) groups excluding carboxylic acids is 3. The molecule has 0 radical (unpaired) electrons. The second-order valence-electron chi connectivity index (χ2n) is 5.62. The monoisotopic (exact) mass is 390 g/mol. The molecule has 4 N–H and O–H groups in total. The van der Waals surface area contributed by atoms with E-state index >= 15 is 0 Å². The van der Waals surface area contributed by atoms with Crippen molar-refractivity contribution in [2.24, 2.45) is 5.73 Å². The lowest BCUT2D eigenvalue weighted by Gasteiger charge is -2.18. The Hall–Kier alpha value is -3.26. The Morgan fingerprint density at radius 3 is 2.56 bits per heavy atom. The third-order valence-electron chi connectivity index (χ3n) is 3.54. The Bertz CT molecular complexity index is 872. The fraction of sp³-hybridized carbons (Fsp3) is 0.167. The van der Waals surface area contributed by atoms with Crippen LogP contribution in [0, 0.1) is 0 Å². The number of likely N-dealkylation sites (N-methyl/N-ethyl adjacent to an activating group) is 1. The molecule has 9 heteroatoms. The second kappa shape index (κ2) is 8.91. The Labute approximate surface area is 161 Å². The number of amides is 4. The highest BCUT2D eigenvalue weighted by atomic mass is 35.5. The minimum Gasteiger partial charge on any atom is -0.495 e. The van der Waals surface area contributed by atoms with Crippen molar-refractivity contribution in [3.63, 3.8) is 0 Å². The van der Waals surface area contributed by atoms with Gasteiger partial charge in [-0.15, -0.1) is 0 Å². The molecule has 0 aromatic heterocycles. The molecule has 0 atom stereocenters. The summed E-state index contributed by atoms with van der Waals surface area (Å²) in [6.07, 6.45) is 0. The molecule has 0 bridgehead atoms. The van der Waals surface area contributed by atoms with Crippen LogP contribution in [-0.4, -0.2) is 43.4 Å². The van der Waals surface area contributed by atoms with E-state index in [1.807, 2.05) is 0 Å². The predicted octanol–water partition coefficient (Wildman–Crippen LogP) is 2.55. The van der Waals surface area contributed by atoms with Gasteiger partial charge in [-0.05, 0) is 36.4 Å². The molecule has 0 unspecified atom stereocenters. The topological polar surface area (TPSA) is 114 Å². The Morgan fingerprint density at radius 1 is 1.15 bits per heavy atom. The summed E-state index contributed by atoms with van der Waals surface area (Å²) in [6, 6.07) is 10.3. The van der Waals surface area contributed by atoms with Crippen LogP contribution in [0.3, 0.4) is 0 Å². The summed E-state index contributed by atoms with van der Waals surface area (Å²) in [4.78, 5) is 36.9. The van der Waals surface area contributed by atoms with Crippen molar-refractivity contribution in [3.8, 4) is 5.75 Å². The van der Waals surface area contributed by atoms with Crippen LogP contribution in [-0.2, 0) is 4.79 Å². The Morgan fingerprint density at radius 2 is 1.89 bits per heavy atom. The number of carbonyl (C=O) groups is 3. The van der Waals surface area contributed by atoms with Crippen LogP contribution in [0.1, 0.15) is 10.4 Å². The maximum atomic E-state index is 12.5. The summed E-state index contributed by atoms with van der Waals surface area (Å²) in [5, 5.41) is 5.49.